The second-order valence-corrected chi connectivity index (χ2v) is 23.8. The molecule has 0 spiro atoms. The average Bonchev–Trinajstić information content (AvgIpc) is 0.950. The monoisotopic (exact) mass is 1210 g/mol. The molecular weight excluding hydrogens is 1160 g/mol. The third-order valence-electron chi connectivity index (χ3n) is 17.9. The van der Waals surface area contributed by atoms with Crippen LogP contribution in [-0.2, 0) is 0 Å². The second-order valence-electron chi connectivity index (χ2n) is 23.0. The van der Waals surface area contributed by atoms with Gasteiger partial charge in [0.2, 0.25) is 0 Å². The summed E-state index contributed by atoms with van der Waals surface area (Å²) in [6.07, 6.45) is 0. The van der Waals surface area contributed by atoms with Gasteiger partial charge in [0, 0.05) is 37.4 Å². The van der Waals surface area contributed by atoms with Crippen molar-refractivity contribution in [2.75, 3.05) is 0 Å². The van der Waals surface area contributed by atoms with Crippen molar-refractivity contribution >= 4 is 137 Å². The van der Waals surface area contributed by atoms with E-state index in [1.54, 1.807) is 12.1 Å². The number of hydrogen-bond acceptors (Lipinski definition) is 2. The van der Waals surface area contributed by atoms with Crippen LogP contribution in [0.1, 0.15) is 0 Å². The van der Waals surface area contributed by atoms with E-state index in [1.165, 1.54) is 141 Å². The van der Waals surface area contributed by atoms with Gasteiger partial charge in [0.05, 0.1) is 22.1 Å². The van der Waals surface area contributed by atoms with Crippen LogP contribution in [0.5, 0.6) is 0 Å². The van der Waals surface area contributed by atoms with E-state index in [1.807, 2.05) is 36.4 Å². The van der Waals surface area contributed by atoms with E-state index >= 15 is 0 Å². The maximum atomic E-state index is 9.24. The standard InChI is InChI=1S/C42H27N.C24H15Br.C18H14BNO2/c1-2-12-30-27-31(22-21-28(30)11-1)42-37-17-5-3-15-35(37)41(36-16-4-6-18-38(36)42)29-23-25-32(26-24-29)43-39-19-9-7-13-33(39)34-14-8-10-20-40(34)43;25-24-21-11-5-3-9-19(21)23(20-10-4-6-12-22(20)24)18-14-13-16-7-1-2-8-17(16)15-18;21-19(22)13-9-11-14(12-10-13)20-17-7-3-1-5-15(17)16-6-2-4-8-18(16)20/h1-27H;1-15H;1-12,21-22H. The number of nitrogens with zero attached hydrogens (tertiary/aromatic N) is 2. The smallest absolute Gasteiger partial charge is 0.423 e. The molecule has 0 aliphatic heterocycles. The lowest BCUT2D eigenvalue weighted by atomic mass is 9.80. The number of fused-ring (bicyclic) bond motifs is 12. The SMILES string of the molecule is Brc1c2ccccc2c(-c2ccc3ccccc3c2)c2ccccc12.OB(O)c1ccc(-n2c3ccccc3c3ccccc32)cc1.c1ccc2cc(-c3c4ccccc4c(-c4ccc(-n5c6ccccc6c6ccccc65)cc4)c4ccccc34)ccc2c1. The molecule has 0 unspecified atom stereocenters. The highest BCUT2D eigenvalue weighted by molar-refractivity contribution is 9.10. The summed E-state index contributed by atoms with van der Waals surface area (Å²) >= 11 is 3.83. The van der Waals surface area contributed by atoms with Crippen molar-refractivity contribution in [1.82, 2.24) is 9.13 Å². The van der Waals surface area contributed by atoms with Crippen molar-refractivity contribution in [3.63, 3.8) is 0 Å². The summed E-state index contributed by atoms with van der Waals surface area (Å²) < 4.78 is 5.74. The summed E-state index contributed by atoms with van der Waals surface area (Å²) in [7, 11) is -1.44. The van der Waals surface area contributed by atoms with Crippen molar-refractivity contribution in [3.05, 3.63) is 332 Å². The van der Waals surface area contributed by atoms with Gasteiger partial charge in [0.1, 0.15) is 0 Å². The van der Waals surface area contributed by atoms with E-state index in [0.717, 1.165) is 16.7 Å². The normalized spacial score (nSPS) is 11.5. The first kappa shape index (κ1) is 54.5. The molecule has 18 aromatic rings. The minimum absolute atomic E-state index is 0.490. The number of rotatable bonds is 6. The molecule has 0 radical (unpaired) electrons. The molecule has 0 atom stereocenters. The summed E-state index contributed by atoms with van der Waals surface area (Å²) in [4.78, 5) is 0. The maximum Gasteiger partial charge on any atom is 0.488 e. The minimum atomic E-state index is -1.44. The third-order valence-corrected chi connectivity index (χ3v) is 18.8. The van der Waals surface area contributed by atoms with Crippen molar-refractivity contribution in [2.24, 2.45) is 0 Å². The van der Waals surface area contributed by atoms with Crippen LogP contribution < -0.4 is 5.46 Å². The van der Waals surface area contributed by atoms with Crippen LogP contribution in [0.15, 0.2) is 332 Å². The van der Waals surface area contributed by atoms with Gasteiger partial charge in [-0.15, -0.1) is 0 Å². The van der Waals surface area contributed by atoms with E-state index < -0.39 is 7.12 Å². The van der Waals surface area contributed by atoms with Gasteiger partial charge in [-0.05, 0) is 180 Å². The van der Waals surface area contributed by atoms with Crippen LogP contribution in [0.4, 0.5) is 0 Å². The molecular formula is C84H56BBrN2O2. The van der Waals surface area contributed by atoms with Crippen LogP contribution in [0.2, 0.25) is 0 Å². The fraction of sp³-hybridized carbons (Fsp3) is 0. The topological polar surface area (TPSA) is 50.3 Å². The fourth-order valence-corrected chi connectivity index (χ4v) is 14.5. The van der Waals surface area contributed by atoms with Gasteiger partial charge in [0.25, 0.3) is 0 Å². The Morgan fingerprint density at radius 1 is 0.233 bits per heavy atom. The van der Waals surface area contributed by atoms with Gasteiger partial charge >= 0.3 is 7.12 Å². The predicted molar refractivity (Wildman–Crippen MR) is 387 cm³/mol. The van der Waals surface area contributed by atoms with E-state index in [2.05, 4.69) is 304 Å². The zero-order chi connectivity index (χ0) is 60.2. The number of para-hydroxylation sites is 4. The maximum absolute atomic E-state index is 9.24. The number of hydrogen-bond donors (Lipinski definition) is 2. The molecule has 2 N–H and O–H groups in total. The average molecular weight is 1220 g/mol. The quantitative estimate of drug-likeness (QED) is 0.129. The Morgan fingerprint density at radius 2 is 0.489 bits per heavy atom. The van der Waals surface area contributed by atoms with Crippen LogP contribution in [0.25, 0.3) is 153 Å². The molecule has 0 aliphatic rings. The highest BCUT2D eigenvalue weighted by Crippen LogP contribution is 2.46. The first-order chi connectivity index (χ1) is 44.4. The summed E-state index contributed by atoms with van der Waals surface area (Å²) in [5.41, 5.74) is 15.0. The Hall–Kier alpha value is -10.9. The lowest BCUT2D eigenvalue weighted by molar-refractivity contribution is 0.426. The third kappa shape index (κ3) is 9.49. The van der Waals surface area contributed by atoms with Gasteiger partial charge < -0.3 is 19.2 Å². The molecule has 0 bridgehead atoms. The van der Waals surface area contributed by atoms with Crippen molar-refractivity contribution in [2.45, 2.75) is 0 Å². The van der Waals surface area contributed by atoms with Crippen molar-refractivity contribution < 1.29 is 10.0 Å². The first-order valence-electron chi connectivity index (χ1n) is 30.5. The van der Waals surface area contributed by atoms with Crippen LogP contribution in [0.3, 0.4) is 0 Å². The molecule has 0 saturated carbocycles. The van der Waals surface area contributed by atoms with Crippen molar-refractivity contribution in [3.8, 4) is 44.8 Å². The summed E-state index contributed by atoms with van der Waals surface area (Å²) in [6, 6.07) is 116. The van der Waals surface area contributed by atoms with E-state index in [0.29, 0.717) is 5.46 Å². The zero-order valence-electron chi connectivity index (χ0n) is 48.9. The highest BCUT2D eigenvalue weighted by atomic mass is 79.9. The molecule has 6 heteroatoms. The van der Waals surface area contributed by atoms with Gasteiger partial charge in [-0.3, -0.25) is 0 Å². The Labute approximate surface area is 529 Å². The second kappa shape index (κ2) is 23.0. The molecule has 16 aromatic carbocycles. The summed E-state index contributed by atoms with van der Waals surface area (Å²) in [6.45, 7) is 0. The molecule has 2 aromatic heterocycles. The molecule has 90 heavy (non-hydrogen) atoms. The van der Waals surface area contributed by atoms with Crippen LogP contribution >= 0.6 is 15.9 Å². The van der Waals surface area contributed by atoms with Gasteiger partial charge in [-0.1, -0.05) is 267 Å². The molecule has 0 amide bonds. The molecule has 0 fully saturated rings. The minimum Gasteiger partial charge on any atom is -0.423 e. The largest absolute Gasteiger partial charge is 0.488 e. The van der Waals surface area contributed by atoms with E-state index in [-0.39, 0.29) is 0 Å². The number of halogens is 1. The van der Waals surface area contributed by atoms with Gasteiger partial charge in [-0.2, -0.15) is 0 Å². The fourth-order valence-electron chi connectivity index (χ4n) is 13.8. The Bertz CT molecular complexity index is 5570. The number of benzene rings is 16. The first-order valence-corrected chi connectivity index (χ1v) is 31.3. The molecule has 4 nitrogen and oxygen atoms in total. The van der Waals surface area contributed by atoms with Crippen LogP contribution in [0, 0.1) is 0 Å². The Kier molecular flexibility index (Phi) is 13.9. The lowest BCUT2D eigenvalue weighted by Crippen LogP contribution is -2.29. The van der Waals surface area contributed by atoms with E-state index in [9.17, 15) is 10.0 Å². The summed E-state index contributed by atoms with van der Waals surface area (Å²) in [5, 5.41) is 38.7. The van der Waals surface area contributed by atoms with E-state index in [4.69, 9.17) is 0 Å². The molecule has 0 saturated heterocycles. The number of aromatic nitrogens is 2. The molecule has 2 heterocycles. The lowest BCUT2D eigenvalue weighted by Gasteiger charge is -2.18. The Balaban J connectivity index is 0.000000117. The zero-order valence-corrected chi connectivity index (χ0v) is 50.5. The predicted octanol–water partition coefficient (Wildman–Crippen LogP) is 21.6. The highest BCUT2D eigenvalue weighted by Gasteiger charge is 2.20. The molecule has 424 valence electrons. The molecule has 18 rings (SSSR count). The Morgan fingerprint density at radius 3 is 0.833 bits per heavy atom. The molecule has 0 aliphatic carbocycles. The van der Waals surface area contributed by atoms with Crippen LogP contribution in [-0.4, -0.2) is 26.3 Å². The van der Waals surface area contributed by atoms with Gasteiger partial charge in [-0.25, -0.2) is 0 Å². The summed E-state index contributed by atoms with van der Waals surface area (Å²) in [5.74, 6) is 0. The van der Waals surface area contributed by atoms with Gasteiger partial charge in [0.15, 0.2) is 0 Å². The van der Waals surface area contributed by atoms with Crippen molar-refractivity contribution in [1.29, 1.82) is 0 Å².